The summed E-state index contributed by atoms with van der Waals surface area (Å²) in [6.07, 6.45) is 3.22. The van der Waals surface area contributed by atoms with Crippen molar-refractivity contribution in [2.24, 2.45) is 0 Å². The van der Waals surface area contributed by atoms with Crippen molar-refractivity contribution in [1.29, 1.82) is 0 Å². The van der Waals surface area contributed by atoms with Crippen LogP contribution >= 0.6 is 0 Å². The van der Waals surface area contributed by atoms with E-state index in [0.717, 1.165) is 16.9 Å². The van der Waals surface area contributed by atoms with Crippen molar-refractivity contribution < 1.29 is 33.3 Å². The van der Waals surface area contributed by atoms with Crippen molar-refractivity contribution in [1.82, 2.24) is 0 Å². The van der Waals surface area contributed by atoms with Crippen LogP contribution in [-0.4, -0.2) is 46.8 Å². The molecule has 0 saturated heterocycles. The first kappa shape index (κ1) is 25.8. The van der Waals surface area contributed by atoms with Crippen LogP contribution in [0.5, 0.6) is 23.0 Å². The van der Waals surface area contributed by atoms with Crippen LogP contribution in [0.3, 0.4) is 0 Å². The van der Waals surface area contributed by atoms with E-state index < -0.39 is 5.97 Å². The average Bonchev–Trinajstić information content (AvgIpc) is 2.83. The molecule has 2 aromatic carbocycles. The lowest BCUT2D eigenvalue weighted by Crippen LogP contribution is -2.17. The number of rotatable bonds is 12. The third-order valence-corrected chi connectivity index (χ3v) is 5.10. The topological polar surface area (TPSA) is 80.3 Å². The predicted molar refractivity (Wildman–Crippen MR) is 126 cm³/mol. The van der Waals surface area contributed by atoms with Gasteiger partial charge in [-0.15, -0.1) is 0 Å². The summed E-state index contributed by atoms with van der Waals surface area (Å²) >= 11 is 0. The normalized spacial score (nSPS) is 10.2. The van der Waals surface area contributed by atoms with Crippen molar-refractivity contribution >= 4 is 11.8 Å². The molecule has 0 radical (unpaired) electrons. The van der Waals surface area contributed by atoms with Gasteiger partial charge < -0.3 is 23.7 Å². The zero-order valence-electron chi connectivity index (χ0n) is 20.2. The summed E-state index contributed by atoms with van der Waals surface area (Å²) in [6.45, 7) is 3.62. The molecule has 7 heteroatoms. The van der Waals surface area contributed by atoms with Crippen LogP contribution in [0.25, 0.3) is 0 Å². The van der Waals surface area contributed by atoms with Crippen molar-refractivity contribution in [2.45, 2.75) is 33.1 Å². The molecule has 0 heterocycles. The summed E-state index contributed by atoms with van der Waals surface area (Å²) in [5, 5.41) is 0. The Bertz CT molecular complexity index is 987. The number of benzene rings is 2. The molecular formula is C26H32O7. The summed E-state index contributed by atoms with van der Waals surface area (Å²) in [4.78, 5) is 25.2. The van der Waals surface area contributed by atoms with E-state index in [1.165, 1.54) is 21.3 Å². The van der Waals surface area contributed by atoms with Crippen LogP contribution in [0.15, 0.2) is 42.0 Å². The van der Waals surface area contributed by atoms with Gasteiger partial charge in [-0.05, 0) is 44.4 Å². The van der Waals surface area contributed by atoms with E-state index in [4.69, 9.17) is 23.7 Å². The number of methoxy groups -OCH3 is 4. The van der Waals surface area contributed by atoms with Gasteiger partial charge in [-0.1, -0.05) is 23.8 Å². The maximum absolute atomic E-state index is 13.4. The van der Waals surface area contributed by atoms with Gasteiger partial charge >= 0.3 is 5.97 Å². The number of allylic oxidation sites excluding steroid dienone is 2. The number of ether oxygens (including phenoxy) is 5. The maximum Gasteiger partial charge on any atom is 0.343 e. The summed E-state index contributed by atoms with van der Waals surface area (Å²) in [6, 6.07) is 9.24. The molecule has 0 N–H and O–H groups in total. The number of hydrogen-bond donors (Lipinski definition) is 0. The second kappa shape index (κ2) is 12.5. The molecule has 0 unspecified atom stereocenters. The van der Waals surface area contributed by atoms with Crippen molar-refractivity contribution in [3.63, 3.8) is 0 Å². The van der Waals surface area contributed by atoms with E-state index in [1.807, 2.05) is 44.2 Å². The Labute approximate surface area is 195 Å². The van der Waals surface area contributed by atoms with Gasteiger partial charge in [-0.25, -0.2) is 4.79 Å². The maximum atomic E-state index is 13.4. The van der Waals surface area contributed by atoms with Gasteiger partial charge in [0, 0.05) is 18.1 Å². The molecule has 0 aliphatic heterocycles. The van der Waals surface area contributed by atoms with Crippen molar-refractivity contribution in [2.75, 3.05) is 35.0 Å². The van der Waals surface area contributed by atoms with Gasteiger partial charge in [0.25, 0.3) is 0 Å². The Balaban J connectivity index is 2.48. The highest BCUT2D eigenvalue weighted by molar-refractivity contribution is 6.02. The van der Waals surface area contributed by atoms with E-state index in [2.05, 4.69) is 0 Å². The molecule has 0 fully saturated rings. The quantitative estimate of drug-likeness (QED) is 0.263. The highest BCUT2D eigenvalue weighted by Gasteiger charge is 2.26. The number of carbonyl (C=O) groups excluding carboxylic acids is 2. The Morgan fingerprint density at radius 1 is 0.909 bits per heavy atom. The number of carbonyl (C=O) groups is 2. The Hall–Kier alpha value is -3.48. The molecule has 0 aliphatic carbocycles. The monoisotopic (exact) mass is 456 g/mol. The highest BCUT2D eigenvalue weighted by Crippen LogP contribution is 2.41. The zero-order valence-corrected chi connectivity index (χ0v) is 20.2. The number of aryl methyl sites for hydroxylation is 1. The number of esters is 1. The predicted octanol–water partition coefficient (Wildman–Crippen LogP) is 4.59. The van der Waals surface area contributed by atoms with Crippen molar-refractivity contribution in [3.05, 3.63) is 58.7 Å². The van der Waals surface area contributed by atoms with Crippen LogP contribution in [-0.2, 0) is 22.4 Å². The molecular weight excluding hydrogens is 424 g/mol. The van der Waals surface area contributed by atoms with E-state index in [0.29, 0.717) is 29.9 Å². The average molecular weight is 457 g/mol. The van der Waals surface area contributed by atoms with Crippen molar-refractivity contribution in [3.8, 4) is 23.0 Å². The summed E-state index contributed by atoms with van der Waals surface area (Å²) in [5.74, 6) is 1.15. The fraction of sp³-hybridized carbons (Fsp3) is 0.385. The highest BCUT2D eigenvalue weighted by atomic mass is 16.6. The molecule has 2 rings (SSSR count). The van der Waals surface area contributed by atoms with Gasteiger partial charge in [-0.3, -0.25) is 4.79 Å². The minimum Gasteiger partial charge on any atom is -0.497 e. The van der Waals surface area contributed by atoms with Gasteiger partial charge in [0.1, 0.15) is 28.6 Å². The Morgan fingerprint density at radius 3 is 2.12 bits per heavy atom. The molecule has 0 aromatic heterocycles. The van der Waals surface area contributed by atoms with Crippen LogP contribution in [0.4, 0.5) is 0 Å². The van der Waals surface area contributed by atoms with E-state index in [9.17, 15) is 9.59 Å². The lowest BCUT2D eigenvalue weighted by Gasteiger charge is -2.20. The van der Waals surface area contributed by atoms with Gasteiger partial charge in [0.2, 0.25) is 0 Å². The van der Waals surface area contributed by atoms with Gasteiger partial charge in [-0.2, -0.15) is 0 Å². The summed E-state index contributed by atoms with van der Waals surface area (Å²) < 4.78 is 26.8. The molecule has 0 bridgehead atoms. The summed E-state index contributed by atoms with van der Waals surface area (Å²) in [7, 11) is 5.91. The first-order valence-corrected chi connectivity index (χ1v) is 10.6. The molecule has 0 saturated carbocycles. The van der Waals surface area contributed by atoms with Crippen LogP contribution in [0.2, 0.25) is 0 Å². The van der Waals surface area contributed by atoms with E-state index >= 15 is 0 Å². The number of hydrogen-bond acceptors (Lipinski definition) is 7. The molecule has 0 atom stereocenters. The minimum absolute atomic E-state index is 0.163. The summed E-state index contributed by atoms with van der Waals surface area (Å²) in [5.41, 5.74) is 3.04. The molecule has 7 nitrogen and oxygen atoms in total. The third-order valence-electron chi connectivity index (χ3n) is 5.10. The van der Waals surface area contributed by atoms with E-state index in [-0.39, 0.29) is 30.1 Å². The Kier molecular flexibility index (Phi) is 9.79. The molecule has 0 aliphatic rings. The van der Waals surface area contributed by atoms with E-state index in [1.54, 1.807) is 13.2 Å². The smallest absolute Gasteiger partial charge is 0.343 e. The second-order valence-corrected chi connectivity index (χ2v) is 7.59. The first-order valence-electron chi connectivity index (χ1n) is 10.6. The molecule has 178 valence electrons. The van der Waals surface area contributed by atoms with Crippen LogP contribution < -0.4 is 18.9 Å². The lowest BCUT2D eigenvalue weighted by molar-refractivity contribution is -0.142. The fourth-order valence-electron chi connectivity index (χ4n) is 3.28. The second-order valence-electron chi connectivity index (χ2n) is 7.59. The van der Waals surface area contributed by atoms with Gasteiger partial charge in [0.05, 0.1) is 28.4 Å². The number of ketones is 1. The molecule has 33 heavy (non-hydrogen) atoms. The minimum atomic E-state index is -0.554. The SMILES string of the molecule is COC(=O)COc1c(CC=C(C)C)c(OC)cc(OC)c1C(=O)CCc1ccc(OC)cc1. The van der Waals surface area contributed by atoms with Crippen LogP contribution in [0, 0.1) is 0 Å². The third kappa shape index (κ3) is 7.00. The first-order chi connectivity index (χ1) is 15.8. The molecule has 2 aromatic rings. The lowest BCUT2D eigenvalue weighted by atomic mass is 9.96. The molecule has 0 amide bonds. The van der Waals surface area contributed by atoms with Gasteiger partial charge in [0.15, 0.2) is 12.4 Å². The zero-order chi connectivity index (χ0) is 24.4. The van der Waals surface area contributed by atoms with Crippen LogP contribution in [0.1, 0.15) is 41.8 Å². The largest absolute Gasteiger partial charge is 0.497 e. The Morgan fingerprint density at radius 2 is 1.58 bits per heavy atom. The molecule has 0 spiro atoms. The number of Topliss-reactive ketones (excluding diaryl/α,β-unsaturated/α-hetero) is 1. The standard InChI is InChI=1S/C26H32O7/c1-17(2)7-13-20-22(30-4)15-23(31-5)25(26(20)33-16-24(28)32-6)21(27)14-10-18-8-11-19(29-3)12-9-18/h7-9,11-12,15H,10,13-14,16H2,1-6H3. The fourth-order valence-corrected chi connectivity index (χ4v) is 3.28.